The molecule has 1 aromatic heterocycles. The zero-order valence-electron chi connectivity index (χ0n) is 18.6. The third kappa shape index (κ3) is 5.50. The van der Waals surface area contributed by atoms with E-state index < -0.39 is 11.8 Å². The average molecular weight is 458 g/mol. The van der Waals surface area contributed by atoms with E-state index in [2.05, 4.69) is 15.6 Å². The number of halogens is 1. The molecule has 6 nitrogen and oxygen atoms in total. The molecule has 0 atom stereocenters. The summed E-state index contributed by atoms with van der Waals surface area (Å²) in [5.74, 6) is -0.445. The minimum atomic E-state index is -0.427. The molecule has 0 aliphatic heterocycles. The first-order valence-corrected chi connectivity index (χ1v) is 10.8. The van der Waals surface area contributed by atoms with Crippen LogP contribution >= 0.6 is 0 Å². The smallest absolute Gasteiger partial charge is 0.267 e. The standard InChI is InChI=1S/C27H24FN3O3/c1-34-22-11-12-24-23(16-22)20(17-30-24)15-25(31-26(32)19-5-3-2-4-6-19)27(33)29-14-13-18-7-9-21(28)10-8-18/h2-12,15-17,30H,13-14H2,1H3,(H,29,33)(H,31,32)/b25-15+. The van der Waals surface area contributed by atoms with Crippen molar-refractivity contribution in [3.8, 4) is 5.75 Å². The highest BCUT2D eigenvalue weighted by molar-refractivity contribution is 6.06. The van der Waals surface area contributed by atoms with Crippen LogP contribution in [0.25, 0.3) is 17.0 Å². The van der Waals surface area contributed by atoms with E-state index in [0.29, 0.717) is 24.3 Å². The summed E-state index contributed by atoms with van der Waals surface area (Å²) in [5.41, 5.74) is 3.04. The van der Waals surface area contributed by atoms with Crippen molar-refractivity contribution in [1.82, 2.24) is 15.6 Å². The Balaban J connectivity index is 1.57. The molecule has 0 spiro atoms. The first-order valence-electron chi connectivity index (χ1n) is 10.8. The van der Waals surface area contributed by atoms with Gasteiger partial charge in [0.25, 0.3) is 11.8 Å². The molecule has 7 heteroatoms. The van der Waals surface area contributed by atoms with Crippen LogP contribution in [-0.4, -0.2) is 30.5 Å². The van der Waals surface area contributed by atoms with Gasteiger partial charge in [-0.2, -0.15) is 0 Å². The van der Waals surface area contributed by atoms with Crippen molar-refractivity contribution in [2.75, 3.05) is 13.7 Å². The number of ether oxygens (including phenoxy) is 1. The van der Waals surface area contributed by atoms with E-state index >= 15 is 0 Å². The molecular formula is C27H24FN3O3. The molecule has 172 valence electrons. The summed E-state index contributed by atoms with van der Waals surface area (Å²) in [7, 11) is 1.59. The van der Waals surface area contributed by atoms with Gasteiger partial charge < -0.3 is 20.4 Å². The fraction of sp³-hybridized carbons (Fsp3) is 0.111. The number of hydrogen-bond acceptors (Lipinski definition) is 3. The number of amides is 2. The second-order valence-corrected chi connectivity index (χ2v) is 7.67. The van der Waals surface area contributed by atoms with E-state index in [1.807, 2.05) is 24.3 Å². The van der Waals surface area contributed by atoms with E-state index in [4.69, 9.17) is 4.74 Å². The Bertz CT molecular complexity index is 1330. The molecule has 3 aromatic carbocycles. The normalized spacial score (nSPS) is 11.3. The number of fused-ring (bicyclic) bond motifs is 1. The van der Waals surface area contributed by atoms with Crippen LogP contribution in [0.1, 0.15) is 21.5 Å². The molecule has 0 radical (unpaired) electrons. The maximum absolute atomic E-state index is 13.1. The average Bonchev–Trinajstić information content (AvgIpc) is 3.27. The number of aromatic amines is 1. The first kappa shape index (κ1) is 22.8. The Kier molecular flexibility index (Phi) is 7.03. The molecular weight excluding hydrogens is 433 g/mol. The van der Waals surface area contributed by atoms with E-state index in [1.165, 1.54) is 12.1 Å². The van der Waals surface area contributed by atoms with Crippen LogP contribution in [0.3, 0.4) is 0 Å². The van der Waals surface area contributed by atoms with E-state index in [-0.39, 0.29) is 11.5 Å². The zero-order chi connectivity index (χ0) is 23.9. The van der Waals surface area contributed by atoms with Crippen molar-refractivity contribution in [3.63, 3.8) is 0 Å². The lowest BCUT2D eigenvalue weighted by Crippen LogP contribution is -2.35. The van der Waals surface area contributed by atoms with Gasteiger partial charge in [-0.15, -0.1) is 0 Å². The van der Waals surface area contributed by atoms with Gasteiger partial charge in [0.2, 0.25) is 0 Å². The van der Waals surface area contributed by atoms with Crippen molar-refractivity contribution in [2.24, 2.45) is 0 Å². The van der Waals surface area contributed by atoms with Crippen molar-refractivity contribution in [1.29, 1.82) is 0 Å². The van der Waals surface area contributed by atoms with Gasteiger partial charge in [-0.1, -0.05) is 30.3 Å². The molecule has 1 heterocycles. The van der Waals surface area contributed by atoms with Crippen LogP contribution in [0, 0.1) is 5.82 Å². The molecule has 0 aliphatic carbocycles. The van der Waals surface area contributed by atoms with Crippen molar-refractivity contribution in [2.45, 2.75) is 6.42 Å². The summed E-state index contributed by atoms with van der Waals surface area (Å²) in [6.45, 7) is 0.324. The molecule has 0 aliphatic rings. The molecule has 0 bridgehead atoms. The van der Waals surface area contributed by atoms with E-state index in [1.54, 1.807) is 55.8 Å². The molecule has 2 amide bonds. The lowest BCUT2D eigenvalue weighted by Gasteiger charge is -2.11. The zero-order valence-corrected chi connectivity index (χ0v) is 18.6. The highest BCUT2D eigenvalue weighted by Crippen LogP contribution is 2.25. The van der Waals surface area contributed by atoms with Gasteiger partial charge in [0, 0.05) is 34.8 Å². The summed E-state index contributed by atoms with van der Waals surface area (Å²) >= 11 is 0. The lowest BCUT2D eigenvalue weighted by molar-refractivity contribution is -0.117. The van der Waals surface area contributed by atoms with Crippen LogP contribution < -0.4 is 15.4 Å². The first-order chi connectivity index (χ1) is 16.5. The quantitative estimate of drug-likeness (QED) is 0.342. The Morgan fingerprint density at radius 3 is 2.53 bits per heavy atom. The number of H-pyrrole nitrogens is 1. The molecule has 3 N–H and O–H groups in total. The summed E-state index contributed by atoms with van der Waals surface area (Å²) in [5, 5.41) is 6.42. The Hall–Kier alpha value is -4.39. The Labute approximate surface area is 196 Å². The SMILES string of the molecule is COc1ccc2[nH]cc(/C=C(/NC(=O)c3ccccc3)C(=O)NCCc3ccc(F)cc3)c2c1. The molecule has 0 saturated heterocycles. The summed E-state index contributed by atoms with van der Waals surface area (Å²) in [6, 6.07) is 20.4. The molecule has 34 heavy (non-hydrogen) atoms. The summed E-state index contributed by atoms with van der Waals surface area (Å²) in [4.78, 5) is 29.0. The number of carbonyl (C=O) groups excluding carboxylic acids is 2. The number of carbonyl (C=O) groups is 2. The predicted octanol–water partition coefficient (Wildman–Crippen LogP) is 4.45. The number of hydrogen-bond donors (Lipinski definition) is 3. The lowest BCUT2D eigenvalue weighted by atomic mass is 10.1. The molecule has 0 unspecified atom stereocenters. The van der Waals surface area contributed by atoms with Gasteiger partial charge >= 0.3 is 0 Å². The number of nitrogens with one attached hydrogen (secondary N) is 3. The second-order valence-electron chi connectivity index (χ2n) is 7.67. The fourth-order valence-corrected chi connectivity index (χ4v) is 3.53. The predicted molar refractivity (Wildman–Crippen MR) is 130 cm³/mol. The third-order valence-electron chi connectivity index (χ3n) is 5.36. The number of aromatic nitrogens is 1. The van der Waals surface area contributed by atoms with Gasteiger partial charge in [-0.25, -0.2) is 4.39 Å². The van der Waals surface area contributed by atoms with Crippen molar-refractivity contribution >= 4 is 28.8 Å². The van der Waals surface area contributed by atoms with Crippen LogP contribution in [-0.2, 0) is 11.2 Å². The van der Waals surface area contributed by atoms with Crippen molar-refractivity contribution in [3.05, 3.63) is 107 Å². The fourth-order valence-electron chi connectivity index (χ4n) is 3.53. The van der Waals surface area contributed by atoms with Crippen LogP contribution in [0.15, 0.2) is 84.7 Å². The van der Waals surface area contributed by atoms with Crippen LogP contribution in [0.4, 0.5) is 4.39 Å². The van der Waals surface area contributed by atoms with E-state index in [9.17, 15) is 14.0 Å². The maximum Gasteiger partial charge on any atom is 0.267 e. The largest absolute Gasteiger partial charge is 0.497 e. The number of benzene rings is 3. The third-order valence-corrected chi connectivity index (χ3v) is 5.36. The topological polar surface area (TPSA) is 83.2 Å². The molecule has 4 aromatic rings. The van der Waals surface area contributed by atoms with Crippen molar-refractivity contribution < 1.29 is 18.7 Å². The number of rotatable bonds is 8. The minimum absolute atomic E-state index is 0.108. The minimum Gasteiger partial charge on any atom is -0.497 e. The summed E-state index contributed by atoms with van der Waals surface area (Å²) < 4.78 is 18.4. The number of methoxy groups -OCH3 is 1. The monoisotopic (exact) mass is 457 g/mol. The van der Waals surface area contributed by atoms with Gasteiger partial charge in [0.05, 0.1) is 7.11 Å². The van der Waals surface area contributed by atoms with Gasteiger partial charge in [0.15, 0.2) is 0 Å². The Morgan fingerprint density at radius 2 is 1.79 bits per heavy atom. The highest BCUT2D eigenvalue weighted by atomic mass is 19.1. The van der Waals surface area contributed by atoms with Crippen LogP contribution in [0.5, 0.6) is 5.75 Å². The van der Waals surface area contributed by atoms with Gasteiger partial charge in [-0.05, 0) is 60.5 Å². The molecule has 4 rings (SSSR count). The van der Waals surface area contributed by atoms with Gasteiger partial charge in [0.1, 0.15) is 17.3 Å². The van der Waals surface area contributed by atoms with Gasteiger partial charge in [-0.3, -0.25) is 9.59 Å². The molecule has 0 fully saturated rings. The second kappa shape index (κ2) is 10.5. The highest BCUT2D eigenvalue weighted by Gasteiger charge is 2.16. The van der Waals surface area contributed by atoms with E-state index in [0.717, 1.165) is 22.0 Å². The molecule has 0 saturated carbocycles. The summed E-state index contributed by atoms with van der Waals surface area (Å²) in [6.07, 6.45) is 3.92. The maximum atomic E-state index is 13.1. The van der Waals surface area contributed by atoms with Crippen LogP contribution in [0.2, 0.25) is 0 Å². The Morgan fingerprint density at radius 1 is 1.03 bits per heavy atom.